The van der Waals surface area contributed by atoms with Gasteiger partial charge in [-0.1, -0.05) is 12.1 Å². The summed E-state index contributed by atoms with van der Waals surface area (Å²) in [4.78, 5) is 16.1. The molecule has 1 atom stereocenters. The van der Waals surface area contributed by atoms with Gasteiger partial charge in [-0.3, -0.25) is 9.69 Å². The lowest BCUT2D eigenvalue weighted by atomic mass is 10.0. The summed E-state index contributed by atoms with van der Waals surface area (Å²) < 4.78 is 11.3. The number of morpholine rings is 1. The number of carbonyl (C=O) groups is 1. The highest BCUT2D eigenvalue weighted by molar-refractivity contribution is 5.94. The van der Waals surface area contributed by atoms with Gasteiger partial charge in [-0.2, -0.15) is 0 Å². The Morgan fingerprint density at radius 2 is 2.17 bits per heavy atom. The van der Waals surface area contributed by atoms with Crippen LogP contribution in [-0.2, 0) is 16.0 Å². The molecule has 1 fully saturated rings. The van der Waals surface area contributed by atoms with Crippen molar-refractivity contribution < 1.29 is 14.3 Å². The third-order valence-electron chi connectivity index (χ3n) is 3.89. The summed E-state index contributed by atoms with van der Waals surface area (Å²) in [6.45, 7) is 7.31. The molecule has 0 aliphatic carbocycles. The second-order valence-corrected chi connectivity index (χ2v) is 7.02. The molecular formula is C18H28N2O3. The highest BCUT2D eigenvalue weighted by atomic mass is 16.5. The first-order valence-electron chi connectivity index (χ1n) is 8.00. The van der Waals surface area contributed by atoms with E-state index in [1.165, 1.54) is 0 Å². The minimum atomic E-state index is -0.196. The number of benzene rings is 1. The zero-order valence-electron chi connectivity index (χ0n) is 14.8. The Hall–Kier alpha value is -1.43. The average molecular weight is 320 g/mol. The Morgan fingerprint density at radius 1 is 1.43 bits per heavy atom. The molecule has 5 heteroatoms. The van der Waals surface area contributed by atoms with Gasteiger partial charge in [-0.25, -0.2) is 0 Å². The molecule has 1 aromatic rings. The number of hydrogen-bond acceptors (Lipinski definition) is 4. The molecule has 128 valence electrons. The topological polar surface area (TPSA) is 42.0 Å². The van der Waals surface area contributed by atoms with E-state index in [2.05, 4.69) is 24.8 Å². The van der Waals surface area contributed by atoms with Gasteiger partial charge in [0, 0.05) is 46.4 Å². The normalized spacial score (nSPS) is 21.2. The molecule has 1 heterocycles. The predicted octanol–water partition coefficient (Wildman–Crippen LogP) is 2.01. The first-order valence-corrected chi connectivity index (χ1v) is 8.00. The minimum Gasteiger partial charge on any atom is -0.382 e. The van der Waals surface area contributed by atoms with Crippen LogP contribution >= 0.6 is 0 Å². The van der Waals surface area contributed by atoms with Crippen molar-refractivity contribution in [2.24, 2.45) is 0 Å². The summed E-state index contributed by atoms with van der Waals surface area (Å²) in [5.41, 5.74) is 1.68. The van der Waals surface area contributed by atoms with E-state index in [-0.39, 0.29) is 17.6 Å². The van der Waals surface area contributed by atoms with Crippen LogP contribution in [0.5, 0.6) is 0 Å². The zero-order valence-corrected chi connectivity index (χ0v) is 14.8. The molecule has 1 amide bonds. The van der Waals surface area contributed by atoms with Crippen LogP contribution < -0.4 is 0 Å². The highest BCUT2D eigenvalue weighted by Crippen LogP contribution is 2.23. The van der Waals surface area contributed by atoms with Crippen LogP contribution in [0.3, 0.4) is 0 Å². The van der Waals surface area contributed by atoms with Gasteiger partial charge >= 0.3 is 0 Å². The van der Waals surface area contributed by atoms with Gasteiger partial charge in [0.15, 0.2) is 0 Å². The van der Waals surface area contributed by atoms with Crippen LogP contribution in [0, 0.1) is 0 Å². The lowest BCUT2D eigenvalue weighted by Crippen LogP contribution is -2.53. The molecule has 1 aliphatic heterocycles. The van der Waals surface area contributed by atoms with E-state index >= 15 is 0 Å². The molecule has 0 spiro atoms. The Morgan fingerprint density at radius 3 is 2.83 bits per heavy atom. The zero-order chi connectivity index (χ0) is 17.0. The van der Waals surface area contributed by atoms with Crippen molar-refractivity contribution in [2.75, 3.05) is 40.9 Å². The summed E-state index contributed by atoms with van der Waals surface area (Å²) in [5.74, 6) is 0.0337. The minimum absolute atomic E-state index is 0.0337. The molecule has 1 aromatic carbocycles. The molecule has 1 aliphatic rings. The largest absolute Gasteiger partial charge is 0.382 e. The second-order valence-electron chi connectivity index (χ2n) is 7.02. The molecule has 2 rings (SSSR count). The van der Waals surface area contributed by atoms with E-state index in [0.717, 1.165) is 30.8 Å². The highest BCUT2D eigenvalue weighted by Gasteiger charge is 2.33. The maximum atomic E-state index is 12.1. The number of nitrogens with zero attached hydrogens (tertiary/aromatic N) is 2. The van der Waals surface area contributed by atoms with Gasteiger partial charge in [0.05, 0.1) is 18.3 Å². The molecule has 0 radical (unpaired) electrons. The Bertz CT molecular complexity index is 543. The number of ether oxygens (including phenoxy) is 2. The third-order valence-corrected chi connectivity index (χ3v) is 3.89. The molecular weight excluding hydrogens is 292 g/mol. The number of amides is 1. The van der Waals surface area contributed by atoms with Crippen molar-refractivity contribution in [3.63, 3.8) is 0 Å². The van der Waals surface area contributed by atoms with Crippen LogP contribution in [0.4, 0.5) is 0 Å². The quantitative estimate of drug-likeness (QED) is 0.832. The number of methoxy groups -OCH3 is 1. The SMILES string of the molecule is COCC1CN(Cc2cccc(C(=O)N(C)C)c2)CC(C)(C)O1. The monoisotopic (exact) mass is 320 g/mol. The molecule has 1 unspecified atom stereocenters. The second kappa shape index (κ2) is 7.43. The van der Waals surface area contributed by atoms with Crippen LogP contribution in [-0.4, -0.2) is 68.3 Å². The van der Waals surface area contributed by atoms with E-state index in [0.29, 0.717) is 6.61 Å². The Labute approximate surface area is 139 Å². The van der Waals surface area contributed by atoms with Crippen LogP contribution in [0.25, 0.3) is 0 Å². The molecule has 23 heavy (non-hydrogen) atoms. The Balaban J connectivity index is 2.08. The molecule has 0 bridgehead atoms. The van der Waals surface area contributed by atoms with Crippen molar-refractivity contribution in [1.82, 2.24) is 9.80 Å². The summed E-state index contributed by atoms with van der Waals surface area (Å²) in [6, 6.07) is 7.86. The predicted molar refractivity (Wildman–Crippen MR) is 90.6 cm³/mol. The van der Waals surface area contributed by atoms with E-state index < -0.39 is 0 Å². The number of hydrogen-bond donors (Lipinski definition) is 0. The van der Waals surface area contributed by atoms with Crippen LogP contribution in [0.15, 0.2) is 24.3 Å². The van der Waals surface area contributed by atoms with Gasteiger partial charge in [-0.05, 0) is 31.5 Å². The lowest BCUT2D eigenvalue weighted by molar-refractivity contribution is -0.154. The maximum Gasteiger partial charge on any atom is 0.253 e. The summed E-state index contributed by atoms with van der Waals surface area (Å²) in [6.07, 6.45) is 0.0790. The lowest BCUT2D eigenvalue weighted by Gasteiger charge is -2.42. The molecule has 0 aromatic heterocycles. The van der Waals surface area contributed by atoms with E-state index in [1.807, 2.05) is 18.2 Å². The standard InChI is InChI=1S/C18H28N2O3/c1-18(2)13-20(11-16(23-18)12-22-5)10-14-7-6-8-15(9-14)17(21)19(3)4/h6-9,16H,10-13H2,1-5H3. The smallest absolute Gasteiger partial charge is 0.253 e. The van der Waals surface area contributed by atoms with Crippen molar-refractivity contribution in [1.29, 1.82) is 0 Å². The van der Waals surface area contributed by atoms with Crippen molar-refractivity contribution in [2.45, 2.75) is 32.1 Å². The molecule has 0 N–H and O–H groups in total. The molecule has 1 saturated heterocycles. The van der Waals surface area contributed by atoms with Gasteiger partial charge in [0.25, 0.3) is 5.91 Å². The van der Waals surface area contributed by atoms with Gasteiger partial charge < -0.3 is 14.4 Å². The fourth-order valence-electron chi connectivity index (χ4n) is 3.13. The van der Waals surface area contributed by atoms with E-state index in [4.69, 9.17) is 9.47 Å². The van der Waals surface area contributed by atoms with Crippen LogP contribution in [0.2, 0.25) is 0 Å². The third kappa shape index (κ3) is 5.03. The average Bonchev–Trinajstić information content (AvgIpc) is 2.45. The first-order chi connectivity index (χ1) is 10.8. The summed E-state index contributed by atoms with van der Waals surface area (Å²) in [7, 11) is 5.25. The summed E-state index contributed by atoms with van der Waals surface area (Å²) in [5, 5.41) is 0. The van der Waals surface area contributed by atoms with Crippen LogP contribution in [0.1, 0.15) is 29.8 Å². The maximum absolute atomic E-state index is 12.1. The Kier molecular flexibility index (Phi) is 5.79. The molecule has 0 saturated carbocycles. The fraction of sp³-hybridized carbons (Fsp3) is 0.611. The van der Waals surface area contributed by atoms with E-state index in [9.17, 15) is 4.79 Å². The molecule has 5 nitrogen and oxygen atoms in total. The summed E-state index contributed by atoms with van der Waals surface area (Å²) >= 11 is 0. The van der Waals surface area contributed by atoms with Gasteiger partial charge in [0.2, 0.25) is 0 Å². The van der Waals surface area contributed by atoms with Crippen molar-refractivity contribution in [3.8, 4) is 0 Å². The van der Waals surface area contributed by atoms with Gasteiger partial charge in [0.1, 0.15) is 0 Å². The first kappa shape index (κ1) is 17.9. The van der Waals surface area contributed by atoms with Crippen molar-refractivity contribution >= 4 is 5.91 Å². The number of rotatable bonds is 5. The van der Waals surface area contributed by atoms with E-state index in [1.54, 1.807) is 26.1 Å². The number of carbonyl (C=O) groups excluding carboxylic acids is 1. The van der Waals surface area contributed by atoms with Crippen molar-refractivity contribution in [3.05, 3.63) is 35.4 Å². The fourth-order valence-corrected chi connectivity index (χ4v) is 3.13. The van der Waals surface area contributed by atoms with Gasteiger partial charge in [-0.15, -0.1) is 0 Å².